The molecule has 4 rings (SSSR count). The van der Waals surface area contributed by atoms with Gasteiger partial charge in [-0.1, -0.05) is 42.0 Å². The number of sulfonamides is 1. The SMILES string of the molecule is Cc1cccc(CS(=O)(=O)N2CCC(C(=O)NCc3ccc(-n4ccnc4)cc3)CC2)c1. The lowest BCUT2D eigenvalue weighted by molar-refractivity contribution is -0.126. The van der Waals surface area contributed by atoms with E-state index in [2.05, 4.69) is 10.3 Å². The first kappa shape index (κ1) is 22.2. The highest BCUT2D eigenvalue weighted by atomic mass is 32.2. The van der Waals surface area contributed by atoms with Crippen molar-refractivity contribution in [3.8, 4) is 5.69 Å². The van der Waals surface area contributed by atoms with Crippen molar-refractivity contribution in [2.24, 2.45) is 5.92 Å². The smallest absolute Gasteiger partial charge is 0.223 e. The van der Waals surface area contributed by atoms with Gasteiger partial charge in [0.2, 0.25) is 15.9 Å². The summed E-state index contributed by atoms with van der Waals surface area (Å²) in [6.07, 6.45) is 6.43. The predicted molar refractivity (Wildman–Crippen MR) is 124 cm³/mol. The number of carbonyl (C=O) groups excluding carboxylic acids is 1. The minimum absolute atomic E-state index is 0.000607. The molecule has 168 valence electrons. The van der Waals surface area contributed by atoms with Gasteiger partial charge in [0.1, 0.15) is 0 Å². The van der Waals surface area contributed by atoms with E-state index < -0.39 is 10.0 Å². The maximum Gasteiger partial charge on any atom is 0.223 e. The summed E-state index contributed by atoms with van der Waals surface area (Å²) in [6.45, 7) is 3.17. The zero-order valence-corrected chi connectivity index (χ0v) is 19.0. The molecule has 0 aliphatic carbocycles. The number of benzene rings is 2. The molecule has 0 saturated carbocycles. The number of carbonyl (C=O) groups is 1. The standard InChI is InChI=1S/C24H28N4O3S/c1-19-3-2-4-21(15-19)17-32(30,31)28-12-9-22(10-13-28)24(29)26-16-20-5-7-23(8-6-20)27-14-11-25-18-27/h2-8,11,14-15,18,22H,9-10,12-13,16-17H2,1H3,(H,26,29). The Labute approximate surface area is 189 Å². The van der Waals surface area contributed by atoms with E-state index in [1.165, 1.54) is 4.31 Å². The first-order valence-corrected chi connectivity index (χ1v) is 12.4. The summed E-state index contributed by atoms with van der Waals surface area (Å²) in [5.74, 6) is -0.175. The van der Waals surface area contributed by atoms with Crippen LogP contribution in [0.2, 0.25) is 0 Å². The molecular weight excluding hydrogens is 424 g/mol. The van der Waals surface area contributed by atoms with Crippen molar-refractivity contribution in [1.29, 1.82) is 0 Å². The largest absolute Gasteiger partial charge is 0.352 e. The highest BCUT2D eigenvalue weighted by Gasteiger charge is 2.31. The van der Waals surface area contributed by atoms with E-state index >= 15 is 0 Å². The number of nitrogens with one attached hydrogen (secondary N) is 1. The molecule has 7 nitrogen and oxygen atoms in total. The van der Waals surface area contributed by atoms with Gasteiger partial charge < -0.3 is 9.88 Å². The third-order valence-corrected chi connectivity index (χ3v) is 7.71. The number of piperidine rings is 1. The molecule has 1 amide bonds. The Morgan fingerprint density at radius 3 is 2.50 bits per heavy atom. The third-order valence-electron chi connectivity index (χ3n) is 5.86. The topological polar surface area (TPSA) is 84.3 Å². The average Bonchev–Trinajstić information content (AvgIpc) is 3.33. The molecule has 1 aliphatic heterocycles. The zero-order valence-electron chi connectivity index (χ0n) is 18.1. The number of aromatic nitrogens is 2. The van der Waals surface area contributed by atoms with Gasteiger partial charge in [-0.3, -0.25) is 4.79 Å². The van der Waals surface area contributed by atoms with E-state index in [4.69, 9.17) is 0 Å². The Balaban J connectivity index is 1.26. The van der Waals surface area contributed by atoms with Crippen LogP contribution in [-0.4, -0.2) is 41.3 Å². The number of rotatable bonds is 7. The summed E-state index contributed by atoms with van der Waals surface area (Å²) in [7, 11) is -3.39. The third kappa shape index (κ3) is 5.44. The first-order valence-electron chi connectivity index (χ1n) is 10.8. The van der Waals surface area contributed by atoms with Crippen LogP contribution in [0.4, 0.5) is 0 Å². The lowest BCUT2D eigenvalue weighted by Crippen LogP contribution is -2.43. The van der Waals surface area contributed by atoms with Crippen LogP contribution >= 0.6 is 0 Å². The van der Waals surface area contributed by atoms with Crippen LogP contribution in [0.15, 0.2) is 67.3 Å². The van der Waals surface area contributed by atoms with Crippen molar-refractivity contribution in [2.45, 2.75) is 32.1 Å². The number of hydrogen-bond donors (Lipinski definition) is 1. The highest BCUT2D eigenvalue weighted by molar-refractivity contribution is 7.88. The summed E-state index contributed by atoms with van der Waals surface area (Å²) in [6, 6.07) is 15.5. The summed E-state index contributed by atoms with van der Waals surface area (Å²) in [4.78, 5) is 16.7. The Morgan fingerprint density at radius 1 is 1.09 bits per heavy atom. The minimum Gasteiger partial charge on any atom is -0.352 e. The van der Waals surface area contributed by atoms with Crippen molar-refractivity contribution in [1.82, 2.24) is 19.2 Å². The van der Waals surface area contributed by atoms with Crippen molar-refractivity contribution < 1.29 is 13.2 Å². The van der Waals surface area contributed by atoms with Gasteiger partial charge in [0.15, 0.2) is 0 Å². The molecule has 0 radical (unpaired) electrons. The first-order chi connectivity index (χ1) is 15.4. The number of imidazole rings is 1. The van der Waals surface area contributed by atoms with E-state index in [1.54, 1.807) is 12.5 Å². The molecule has 1 aromatic heterocycles. The second-order valence-corrected chi connectivity index (χ2v) is 10.2. The van der Waals surface area contributed by atoms with Crippen LogP contribution in [0.25, 0.3) is 5.69 Å². The van der Waals surface area contributed by atoms with E-state index in [9.17, 15) is 13.2 Å². The van der Waals surface area contributed by atoms with Crippen molar-refractivity contribution in [3.05, 3.63) is 83.9 Å². The fourth-order valence-corrected chi connectivity index (χ4v) is 5.58. The lowest BCUT2D eigenvalue weighted by atomic mass is 9.97. The number of aryl methyl sites for hydroxylation is 1. The highest BCUT2D eigenvalue weighted by Crippen LogP contribution is 2.22. The quantitative estimate of drug-likeness (QED) is 0.597. The second kappa shape index (κ2) is 9.67. The van der Waals surface area contributed by atoms with Crippen LogP contribution in [0.1, 0.15) is 29.5 Å². The van der Waals surface area contributed by atoms with E-state index in [-0.39, 0.29) is 17.6 Å². The van der Waals surface area contributed by atoms with Gasteiger partial charge in [0.05, 0.1) is 12.1 Å². The molecule has 1 saturated heterocycles. The number of nitrogens with zero attached hydrogens (tertiary/aromatic N) is 3. The van der Waals surface area contributed by atoms with Crippen molar-refractivity contribution in [2.75, 3.05) is 13.1 Å². The Bertz CT molecular complexity index is 1150. The maximum absolute atomic E-state index is 12.8. The summed E-state index contributed by atoms with van der Waals surface area (Å²) in [5, 5.41) is 3.00. The molecule has 1 aliphatic rings. The molecule has 0 bridgehead atoms. The van der Waals surface area contributed by atoms with Crippen molar-refractivity contribution >= 4 is 15.9 Å². The van der Waals surface area contributed by atoms with Gasteiger partial charge in [-0.05, 0) is 43.0 Å². The fourth-order valence-electron chi connectivity index (χ4n) is 4.03. The predicted octanol–water partition coefficient (Wildman–Crippen LogP) is 3.04. The molecular formula is C24H28N4O3S. The lowest BCUT2D eigenvalue weighted by Gasteiger charge is -2.30. The number of hydrogen-bond acceptors (Lipinski definition) is 4. The van der Waals surface area contributed by atoms with E-state index in [0.29, 0.717) is 32.5 Å². The fraction of sp³-hybridized carbons (Fsp3) is 0.333. The molecule has 1 fully saturated rings. The van der Waals surface area contributed by atoms with Crippen LogP contribution in [-0.2, 0) is 27.1 Å². The van der Waals surface area contributed by atoms with E-state index in [0.717, 1.165) is 22.4 Å². The van der Waals surface area contributed by atoms with Crippen LogP contribution in [0, 0.1) is 12.8 Å². The molecule has 0 unspecified atom stereocenters. The molecule has 0 atom stereocenters. The number of amides is 1. The molecule has 3 aromatic rings. The Morgan fingerprint density at radius 2 is 1.84 bits per heavy atom. The van der Waals surface area contributed by atoms with Crippen LogP contribution in [0.3, 0.4) is 0 Å². The van der Waals surface area contributed by atoms with Crippen molar-refractivity contribution in [3.63, 3.8) is 0 Å². The van der Waals surface area contributed by atoms with Gasteiger partial charge in [-0.2, -0.15) is 0 Å². The van der Waals surface area contributed by atoms with Crippen LogP contribution < -0.4 is 5.32 Å². The van der Waals surface area contributed by atoms with Gasteiger partial charge in [0, 0.05) is 43.6 Å². The monoisotopic (exact) mass is 452 g/mol. The molecule has 0 spiro atoms. The zero-order chi connectivity index (χ0) is 22.6. The minimum atomic E-state index is -3.39. The van der Waals surface area contributed by atoms with E-state index in [1.807, 2.05) is 66.2 Å². The van der Waals surface area contributed by atoms with Gasteiger partial charge in [-0.15, -0.1) is 0 Å². The maximum atomic E-state index is 12.8. The molecule has 1 N–H and O–H groups in total. The summed E-state index contributed by atoms with van der Waals surface area (Å²) in [5.41, 5.74) is 3.87. The normalized spacial score (nSPS) is 15.5. The molecule has 2 heterocycles. The second-order valence-electron chi connectivity index (χ2n) is 8.27. The summed E-state index contributed by atoms with van der Waals surface area (Å²) >= 11 is 0. The van der Waals surface area contributed by atoms with Gasteiger partial charge in [-0.25, -0.2) is 17.7 Å². The molecule has 2 aromatic carbocycles. The Hall–Kier alpha value is -2.97. The van der Waals surface area contributed by atoms with Gasteiger partial charge >= 0.3 is 0 Å². The average molecular weight is 453 g/mol. The van der Waals surface area contributed by atoms with Crippen LogP contribution in [0.5, 0.6) is 0 Å². The molecule has 8 heteroatoms. The Kier molecular flexibility index (Phi) is 6.72. The van der Waals surface area contributed by atoms with Gasteiger partial charge in [0.25, 0.3) is 0 Å². The molecule has 32 heavy (non-hydrogen) atoms. The summed E-state index contributed by atoms with van der Waals surface area (Å²) < 4.78 is 29.0.